The first-order valence-corrected chi connectivity index (χ1v) is 6.22. The Labute approximate surface area is 113 Å². The van der Waals surface area contributed by atoms with Gasteiger partial charge in [0.1, 0.15) is 0 Å². The number of rotatable bonds is 3. The zero-order chi connectivity index (χ0) is 14.3. The van der Waals surface area contributed by atoms with Crippen molar-refractivity contribution in [3.05, 3.63) is 54.1 Å². The van der Waals surface area contributed by atoms with Gasteiger partial charge in [0.25, 0.3) is 0 Å². The zero-order valence-electron chi connectivity index (χ0n) is 11.2. The second-order valence-electron chi connectivity index (χ2n) is 3.67. The van der Waals surface area contributed by atoms with Gasteiger partial charge in [-0.2, -0.15) is 0 Å². The Bertz CT molecular complexity index is 610. The van der Waals surface area contributed by atoms with Gasteiger partial charge in [0, 0.05) is 17.9 Å². The van der Waals surface area contributed by atoms with E-state index in [2.05, 4.69) is 0 Å². The van der Waals surface area contributed by atoms with Crippen LogP contribution >= 0.6 is 0 Å². The molecule has 3 nitrogen and oxygen atoms in total. The first kappa shape index (κ1) is 14.6. The second-order valence-corrected chi connectivity index (χ2v) is 3.67. The fraction of sp³-hybridized carbons (Fsp3) is 0.125. The molecular formula is C16H18N2O. The summed E-state index contributed by atoms with van der Waals surface area (Å²) in [5, 5.41) is 9.44. The van der Waals surface area contributed by atoms with Crippen LogP contribution in [0, 0.1) is 5.41 Å². The molecule has 0 fully saturated rings. The van der Waals surface area contributed by atoms with E-state index in [1.54, 1.807) is 0 Å². The van der Waals surface area contributed by atoms with Crippen molar-refractivity contribution in [2.45, 2.75) is 13.8 Å². The summed E-state index contributed by atoms with van der Waals surface area (Å²) in [6.45, 7) is 4.00. The van der Waals surface area contributed by atoms with Crippen molar-refractivity contribution >= 4 is 28.5 Å². The molecule has 0 aliphatic carbocycles. The van der Waals surface area contributed by atoms with Gasteiger partial charge in [-0.15, -0.1) is 0 Å². The maximum absolute atomic E-state index is 10.9. The maximum Gasteiger partial charge on any atom is 0.242 e. The Hall–Kier alpha value is -2.42. The quantitative estimate of drug-likeness (QED) is 0.640. The third-order valence-electron chi connectivity index (χ3n) is 2.55. The Morgan fingerprint density at radius 1 is 1.11 bits per heavy atom. The molecule has 0 saturated carbocycles. The summed E-state index contributed by atoms with van der Waals surface area (Å²) in [6.07, 6.45) is 2.42. The fourth-order valence-electron chi connectivity index (χ4n) is 1.83. The molecule has 2 rings (SSSR count). The van der Waals surface area contributed by atoms with Crippen LogP contribution in [0.2, 0.25) is 0 Å². The van der Waals surface area contributed by atoms with Crippen molar-refractivity contribution in [1.29, 1.82) is 5.41 Å². The molecule has 0 aliphatic rings. The first-order valence-electron chi connectivity index (χ1n) is 6.22. The van der Waals surface area contributed by atoms with Gasteiger partial charge in [0.05, 0.1) is 0 Å². The highest BCUT2D eigenvalue weighted by molar-refractivity contribution is 6.18. The van der Waals surface area contributed by atoms with Crippen molar-refractivity contribution in [2.75, 3.05) is 0 Å². The summed E-state index contributed by atoms with van der Waals surface area (Å²) in [5.41, 5.74) is 6.50. The van der Waals surface area contributed by atoms with Gasteiger partial charge in [0.2, 0.25) is 5.91 Å². The number of hydrogen-bond acceptors (Lipinski definition) is 2. The number of fused-ring (bicyclic) bond motifs is 1. The summed E-state index contributed by atoms with van der Waals surface area (Å²) in [5.74, 6) is -0.545. The molecule has 0 unspecified atom stereocenters. The monoisotopic (exact) mass is 254 g/mol. The average Bonchev–Trinajstić information content (AvgIpc) is 2.46. The number of allylic oxidation sites excluding steroid dienone is 1. The van der Waals surface area contributed by atoms with E-state index < -0.39 is 5.91 Å². The predicted octanol–water partition coefficient (Wildman–Crippen LogP) is 3.38. The predicted molar refractivity (Wildman–Crippen MR) is 81.3 cm³/mol. The van der Waals surface area contributed by atoms with E-state index in [9.17, 15) is 4.79 Å². The van der Waals surface area contributed by atoms with E-state index >= 15 is 0 Å². The van der Waals surface area contributed by atoms with E-state index in [1.165, 1.54) is 6.08 Å². The molecular weight excluding hydrogens is 236 g/mol. The minimum absolute atomic E-state index is 0.523. The van der Waals surface area contributed by atoms with Gasteiger partial charge < -0.3 is 11.1 Å². The summed E-state index contributed by atoms with van der Waals surface area (Å²) in [6, 6.07) is 13.6. The Kier molecular flexibility index (Phi) is 5.48. The molecule has 0 spiro atoms. The average molecular weight is 254 g/mol. The third kappa shape index (κ3) is 3.52. The van der Waals surface area contributed by atoms with E-state index in [1.807, 2.05) is 56.3 Å². The van der Waals surface area contributed by atoms with Gasteiger partial charge >= 0.3 is 0 Å². The van der Waals surface area contributed by atoms with Crippen molar-refractivity contribution in [3.8, 4) is 0 Å². The minimum atomic E-state index is -0.545. The van der Waals surface area contributed by atoms with Crippen LogP contribution in [0.25, 0.3) is 16.3 Å². The molecule has 2 aromatic rings. The first-order chi connectivity index (χ1) is 9.22. The fourth-order valence-corrected chi connectivity index (χ4v) is 1.83. The van der Waals surface area contributed by atoms with Crippen molar-refractivity contribution in [1.82, 2.24) is 0 Å². The molecule has 0 aromatic heterocycles. The van der Waals surface area contributed by atoms with Gasteiger partial charge in [-0.3, -0.25) is 4.79 Å². The number of primary amides is 1. The standard InChI is InChI=1S/C14H12N2O.C2H6/c15-9-11(8-14(16)17)13-7-3-5-10-4-1-2-6-12(10)13;1-2/h1-9,15H,(H2,16,17);1-2H3/b11-8+,15-9?;. The van der Waals surface area contributed by atoms with Crippen LogP contribution in [0.15, 0.2) is 48.5 Å². The number of carbonyl (C=O) groups is 1. The lowest BCUT2D eigenvalue weighted by molar-refractivity contribution is -0.113. The number of hydrogen-bond donors (Lipinski definition) is 2. The van der Waals surface area contributed by atoms with Crippen LogP contribution in [-0.2, 0) is 4.79 Å². The molecule has 0 heterocycles. The lowest BCUT2D eigenvalue weighted by Gasteiger charge is -2.06. The maximum atomic E-state index is 10.9. The molecule has 1 amide bonds. The Morgan fingerprint density at radius 2 is 1.74 bits per heavy atom. The molecule has 0 radical (unpaired) electrons. The number of nitrogens with one attached hydrogen (secondary N) is 1. The summed E-state index contributed by atoms with van der Waals surface area (Å²) in [7, 11) is 0. The smallest absolute Gasteiger partial charge is 0.242 e. The number of nitrogens with two attached hydrogens (primary N) is 1. The number of amides is 1. The van der Waals surface area contributed by atoms with Crippen LogP contribution in [-0.4, -0.2) is 12.1 Å². The largest absolute Gasteiger partial charge is 0.366 e. The highest BCUT2D eigenvalue weighted by atomic mass is 16.1. The van der Waals surface area contributed by atoms with Crippen LogP contribution in [0.1, 0.15) is 19.4 Å². The van der Waals surface area contributed by atoms with E-state index in [0.717, 1.165) is 22.6 Å². The van der Waals surface area contributed by atoms with Crippen LogP contribution in [0.3, 0.4) is 0 Å². The lowest BCUT2D eigenvalue weighted by Crippen LogP contribution is -2.07. The second kappa shape index (κ2) is 7.11. The highest BCUT2D eigenvalue weighted by Crippen LogP contribution is 2.23. The van der Waals surface area contributed by atoms with Crippen LogP contribution in [0.4, 0.5) is 0 Å². The topological polar surface area (TPSA) is 66.9 Å². The molecule has 98 valence electrons. The Balaban J connectivity index is 0.000000861. The van der Waals surface area contributed by atoms with Gasteiger partial charge in [-0.25, -0.2) is 0 Å². The van der Waals surface area contributed by atoms with Gasteiger partial charge in [0.15, 0.2) is 0 Å². The summed E-state index contributed by atoms with van der Waals surface area (Å²) in [4.78, 5) is 10.9. The Morgan fingerprint density at radius 3 is 2.37 bits per heavy atom. The SMILES string of the molecule is CC.N=C/C(=C\C(N)=O)c1cccc2ccccc12. The highest BCUT2D eigenvalue weighted by Gasteiger charge is 2.04. The van der Waals surface area contributed by atoms with Crippen molar-refractivity contribution < 1.29 is 4.79 Å². The molecule has 3 heteroatoms. The molecule has 0 atom stereocenters. The zero-order valence-corrected chi connectivity index (χ0v) is 11.2. The van der Waals surface area contributed by atoms with Crippen LogP contribution in [0.5, 0.6) is 0 Å². The van der Waals surface area contributed by atoms with E-state index in [4.69, 9.17) is 11.1 Å². The minimum Gasteiger partial charge on any atom is -0.366 e. The third-order valence-corrected chi connectivity index (χ3v) is 2.55. The normalized spacial score (nSPS) is 10.5. The van der Waals surface area contributed by atoms with E-state index in [-0.39, 0.29) is 0 Å². The molecule has 0 aliphatic heterocycles. The number of carbonyl (C=O) groups excluding carboxylic acids is 1. The molecule has 0 bridgehead atoms. The summed E-state index contributed by atoms with van der Waals surface area (Å²) < 4.78 is 0. The van der Waals surface area contributed by atoms with Crippen molar-refractivity contribution in [2.24, 2.45) is 5.73 Å². The van der Waals surface area contributed by atoms with Gasteiger partial charge in [-0.1, -0.05) is 56.3 Å². The molecule has 2 aromatic carbocycles. The summed E-state index contributed by atoms with van der Waals surface area (Å²) >= 11 is 0. The van der Waals surface area contributed by atoms with Gasteiger partial charge in [-0.05, 0) is 16.3 Å². The number of benzene rings is 2. The molecule has 0 saturated heterocycles. The van der Waals surface area contributed by atoms with Crippen molar-refractivity contribution in [3.63, 3.8) is 0 Å². The van der Waals surface area contributed by atoms with Crippen LogP contribution < -0.4 is 5.73 Å². The lowest BCUT2D eigenvalue weighted by atomic mass is 9.98. The molecule has 19 heavy (non-hydrogen) atoms. The van der Waals surface area contributed by atoms with E-state index in [0.29, 0.717) is 5.57 Å². The molecule has 3 N–H and O–H groups in total.